The molecule has 0 fully saturated rings. The van der Waals surface area contributed by atoms with Crippen LogP contribution in [0.5, 0.6) is 0 Å². The second kappa shape index (κ2) is 1.91. The van der Waals surface area contributed by atoms with Crippen molar-refractivity contribution in [2.75, 3.05) is 5.73 Å². The Kier molecular flexibility index (Phi) is 1.25. The Balaban J connectivity index is 3.08. The van der Waals surface area contributed by atoms with E-state index in [9.17, 15) is 0 Å². The zero-order chi connectivity index (χ0) is 5.98. The summed E-state index contributed by atoms with van der Waals surface area (Å²) in [6.07, 6.45) is 0. The first-order valence-electron chi connectivity index (χ1n) is 2.61. The summed E-state index contributed by atoms with van der Waals surface area (Å²) in [5.41, 5.74) is 7.51. The average molecular weight is 105 g/mol. The van der Waals surface area contributed by atoms with Crippen molar-refractivity contribution in [2.45, 2.75) is 0 Å². The second-order valence-corrected chi connectivity index (χ2v) is 1.91. The van der Waals surface area contributed by atoms with Crippen molar-refractivity contribution in [2.24, 2.45) is 0 Å². The van der Waals surface area contributed by atoms with Gasteiger partial charge in [-0.3, -0.25) is 0 Å². The largest absolute Gasteiger partial charge is 0.399 e. The van der Waals surface area contributed by atoms with E-state index in [4.69, 9.17) is 5.73 Å². The van der Waals surface area contributed by atoms with Crippen LogP contribution in [0, 0.1) is 0 Å². The highest BCUT2D eigenvalue weighted by atomic mass is 14.5. The van der Waals surface area contributed by atoms with Gasteiger partial charge in [-0.1, -0.05) is 17.6 Å². The van der Waals surface area contributed by atoms with Crippen LogP contribution >= 0.6 is 0 Å². The molecule has 1 aromatic rings. The fourth-order valence-electron chi connectivity index (χ4n) is 0.670. The van der Waals surface area contributed by atoms with E-state index in [2.05, 4.69) is 0 Å². The molecule has 0 aromatic heterocycles. The molecule has 0 aliphatic carbocycles. The molecule has 1 rings (SSSR count). The highest BCUT2D eigenvalue weighted by molar-refractivity contribution is 6.32. The van der Waals surface area contributed by atoms with Crippen LogP contribution in [-0.4, -0.2) is 7.85 Å². The van der Waals surface area contributed by atoms with Gasteiger partial charge in [0, 0.05) is 5.69 Å². The Hall–Kier alpha value is -0.915. The summed E-state index contributed by atoms with van der Waals surface area (Å²) < 4.78 is 0. The first-order chi connectivity index (χ1) is 3.79. The van der Waals surface area contributed by atoms with E-state index < -0.39 is 0 Å². The molecule has 0 saturated carbocycles. The third-order valence-corrected chi connectivity index (χ3v) is 1.04. The SMILES string of the molecule is Bc1cccc(N)c1. The van der Waals surface area contributed by atoms with E-state index in [0.717, 1.165) is 5.69 Å². The maximum Gasteiger partial charge on any atom is 0.139 e. The summed E-state index contributed by atoms with van der Waals surface area (Å²) >= 11 is 0. The van der Waals surface area contributed by atoms with Crippen LogP contribution in [0.2, 0.25) is 0 Å². The molecule has 8 heavy (non-hydrogen) atoms. The van der Waals surface area contributed by atoms with Crippen molar-refractivity contribution in [3.8, 4) is 0 Å². The van der Waals surface area contributed by atoms with Gasteiger partial charge in [0.15, 0.2) is 0 Å². The fraction of sp³-hybridized carbons (Fsp3) is 0. The smallest absolute Gasteiger partial charge is 0.139 e. The number of anilines is 1. The van der Waals surface area contributed by atoms with Gasteiger partial charge in [-0.25, -0.2) is 0 Å². The van der Waals surface area contributed by atoms with E-state index in [1.165, 1.54) is 5.46 Å². The number of benzene rings is 1. The zero-order valence-corrected chi connectivity index (χ0v) is 4.89. The molecule has 0 spiro atoms. The van der Waals surface area contributed by atoms with E-state index >= 15 is 0 Å². The van der Waals surface area contributed by atoms with Crippen LogP contribution in [0.1, 0.15) is 0 Å². The minimum absolute atomic E-state index is 0.838. The molecule has 0 aliphatic rings. The average Bonchev–Trinajstić information content (AvgIpc) is 1.64. The number of hydrogen-bond acceptors (Lipinski definition) is 1. The predicted octanol–water partition coefficient (Wildman–Crippen LogP) is -0.473. The van der Waals surface area contributed by atoms with Gasteiger partial charge >= 0.3 is 0 Å². The lowest BCUT2D eigenvalue weighted by Gasteiger charge is -1.91. The van der Waals surface area contributed by atoms with Gasteiger partial charge in [0.2, 0.25) is 0 Å². The summed E-state index contributed by atoms with van der Waals surface area (Å²) in [4.78, 5) is 0. The second-order valence-electron chi connectivity index (χ2n) is 1.91. The van der Waals surface area contributed by atoms with Crippen molar-refractivity contribution < 1.29 is 0 Å². The van der Waals surface area contributed by atoms with Crippen LogP contribution in [0.15, 0.2) is 24.3 Å². The maximum atomic E-state index is 5.46. The van der Waals surface area contributed by atoms with E-state index in [1.807, 2.05) is 32.1 Å². The molecule has 1 nitrogen and oxygen atoms in total. The van der Waals surface area contributed by atoms with Crippen LogP contribution in [-0.2, 0) is 0 Å². The molecule has 0 saturated heterocycles. The van der Waals surface area contributed by atoms with E-state index in [1.54, 1.807) is 0 Å². The highest BCUT2D eigenvalue weighted by Gasteiger charge is 1.81. The van der Waals surface area contributed by atoms with Gasteiger partial charge in [0.25, 0.3) is 0 Å². The fourth-order valence-corrected chi connectivity index (χ4v) is 0.670. The topological polar surface area (TPSA) is 26.0 Å². The summed E-state index contributed by atoms with van der Waals surface area (Å²) in [7, 11) is 2.02. The number of nitrogens with two attached hydrogens (primary N) is 1. The molecule has 1 aromatic carbocycles. The molecule has 0 amide bonds. The van der Waals surface area contributed by atoms with Crippen LogP contribution in [0.25, 0.3) is 0 Å². The third kappa shape index (κ3) is 1.03. The molecule has 0 bridgehead atoms. The minimum atomic E-state index is 0.838. The normalized spacial score (nSPS) is 9.00. The highest BCUT2D eigenvalue weighted by Crippen LogP contribution is 1.93. The first-order valence-corrected chi connectivity index (χ1v) is 2.61. The molecule has 0 heterocycles. The number of nitrogen functional groups attached to an aromatic ring is 1. The molecule has 0 aliphatic heterocycles. The van der Waals surface area contributed by atoms with Crippen molar-refractivity contribution in [3.05, 3.63) is 24.3 Å². The maximum absolute atomic E-state index is 5.46. The molecular formula is C6H8BN. The van der Waals surface area contributed by atoms with E-state index in [0.29, 0.717) is 0 Å². The lowest BCUT2D eigenvalue weighted by Crippen LogP contribution is -2.01. The van der Waals surface area contributed by atoms with Gasteiger partial charge in [0.05, 0.1) is 0 Å². The Morgan fingerprint density at radius 1 is 1.38 bits per heavy atom. The quantitative estimate of drug-likeness (QED) is 0.350. The van der Waals surface area contributed by atoms with Crippen molar-refractivity contribution in [3.63, 3.8) is 0 Å². The lowest BCUT2D eigenvalue weighted by atomic mass is 9.96. The molecule has 2 N–H and O–H groups in total. The number of rotatable bonds is 0. The summed E-state index contributed by atoms with van der Waals surface area (Å²) in [6.45, 7) is 0. The molecule has 0 radical (unpaired) electrons. The molecule has 0 unspecified atom stereocenters. The zero-order valence-electron chi connectivity index (χ0n) is 4.89. The Morgan fingerprint density at radius 2 is 2.12 bits per heavy atom. The Bertz CT molecular complexity index is 168. The van der Waals surface area contributed by atoms with Crippen LogP contribution < -0.4 is 11.2 Å². The number of hydrogen-bond donors (Lipinski definition) is 1. The first kappa shape index (κ1) is 5.23. The molecule has 2 heteroatoms. The van der Waals surface area contributed by atoms with Gasteiger partial charge in [-0.2, -0.15) is 0 Å². The van der Waals surface area contributed by atoms with E-state index in [-0.39, 0.29) is 0 Å². The van der Waals surface area contributed by atoms with Gasteiger partial charge in [0.1, 0.15) is 7.85 Å². The summed E-state index contributed by atoms with van der Waals surface area (Å²) in [5, 5.41) is 0. The molecule has 0 atom stereocenters. The summed E-state index contributed by atoms with van der Waals surface area (Å²) in [5.74, 6) is 0. The van der Waals surface area contributed by atoms with Crippen molar-refractivity contribution >= 4 is 19.0 Å². The third-order valence-electron chi connectivity index (χ3n) is 1.04. The lowest BCUT2D eigenvalue weighted by molar-refractivity contribution is 1.73. The Morgan fingerprint density at radius 3 is 2.50 bits per heavy atom. The van der Waals surface area contributed by atoms with Gasteiger partial charge in [-0.05, 0) is 12.1 Å². The molecular weight excluding hydrogens is 96.9 g/mol. The van der Waals surface area contributed by atoms with Crippen molar-refractivity contribution in [1.82, 2.24) is 0 Å². The van der Waals surface area contributed by atoms with Gasteiger partial charge < -0.3 is 5.73 Å². The standard InChI is InChI=1S/C6H8BN/c7-5-2-1-3-6(8)4-5/h1-4H,7-8H2. The van der Waals surface area contributed by atoms with Crippen LogP contribution in [0.3, 0.4) is 0 Å². The minimum Gasteiger partial charge on any atom is -0.399 e. The summed E-state index contributed by atoms with van der Waals surface area (Å²) in [6, 6.07) is 7.80. The molecule has 40 valence electrons. The monoisotopic (exact) mass is 105 g/mol. The Labute approximate surface area is 49.9 Å². The van der Waals surface area contributed by atoms with Crippen molar-refractivity contribution in [1.29, 1.82) is 0 Å². The van der Waals surface area contributed by atoms with Gasteiger partial charge in [-0.15, -0.1) is 0 Å². The predicted molar refractivity (Wildman–Crippen MR) is 39.0 cm³/mol. The van der Waals surface area contributed by atoms with Crippen LogP contribution in [0.4, 0.5) is 5.69 Å².